The molecule has 10 heteroatoms. The number of ether oxygens (including phenoxy) is 1. The van der Waals surface area contributed by atoms with Crippen LogP contribution in [-0.4, -0.2) is 47.7 Å². The zero-order chi connectivity index (χ0) is 16.6. The molecule has 0 fully saturated rings. The molecule has 0 aliphatic heterocycles. The Kier molecular flexibility index (Phi) is 10.6. The predicted octanol–water partition coefficient (Wildman–Crippen LogP) is 1.34. The van der Waals surface area contributed by atoms with Gasteiger partial charge in [0.2, 0.25) is 15.9 Å². The highest BCUT2D eigenvalue weighted by atomic mass is 79.9. The first-order valence-corrected chi connectivity index (χ1v) is 8.91. The normalized spacial score (nSPS) is 10.9. The molecule has 1 amide bonds. The number of amides is 1. The van der Waals surface area contributed by atoms with Crippen LogP contribution in [0.4, 0.5) is 5.69 Å². The molecule has 1 aromatic carbocycles. The van der Waals surface area contributed by atoms with Crippen molar-refractivity contribution in [3.05, 3.63) is 22.7 Å². The summed E-state index contributed by atoms with van der Waals surface area (Å²) in [5.74, 6) is -0.225. The topological polar surface area (TPSA) is 96.5 Å². The van der Waals surface area contributed by atoms with E-state index in [1.54, 1.807) is 7.11 Å². The summed E-state index contributed by atoms with van der Waals surface area (Å²) in [5.41, 5.74) is 0.521. The van der Waals surface area contributed by atoms with E-state index in [1.807, 2.05) is 0 Å². The third kappa shape index (κ3) is 8.09. The van der Waals surface area contributed by atoms with Crippen LogP contribution in [0.2, 0.25) is 0 Å². The number of nitrogens with one attached hydrogen (secondary N) is 3. The lowest BCUT2D eigenvalue weighted by Gasteiger charge is -2.10. The smallest absolute Gasteiger partial charge is 0.240 e. The average molecular weight is 431 g/mol. The molecular formula is C13H21BrClN3O4S. The van der Waals surface area contributed by atoms with Crippen LogP contribution in [0.1, 0.15) is 6.92 Å². The summed E-state index contributed by atoms with van der Waals surface area (Å²) in [4.78, 5) is 11.1. The predicted molar refractivity (Wildman–Crippen MR) is 95.6 cm³/mol. The van der Waals surface area contributed by atoms with Gasteiger partial charge in [0.15, 0.2) is 0 Å². The third-order valence-electron chi connectivity index (χ3n) is 2.64. The number of benzene rings is 1. The first kappa shape index (κ1) is 22.3. The van der Waals surface area contributed by atoms with E-state index in [0.717, 1.165) is 0 Å². The molecule has 0 saturated heterocycles. The molecule has 0 saturated carbocycles. The maximum atomic E-state index is 12.1. The highest BCUT2D eigenvalue weighted by Crippen LogP contribution is 2.25. The first-order chi connectivity index (χ1) is 10.4. The van der Waals surface area contributed by atoms with E-state index in [4.69, 9.17) is 4.74 Å². The number of methoxy groups -OCH3 is 1. The second-order valence-electron chi connectivity index (χ2n) is 4.46. The molecule has 0 radical (unpaired) electrons. The van der Waals surface area contributed by atoms with Crippen molar-refractivity contribution in [3.8, 4) is 0 Å². The number of hydrogen-bond acceptors (Lipinski definition) is 5. The lowest BCUT2D eigenvalue weighted by Crippen LogP contribution is -2.33. The lowest BCUT2D eigenvalue weighted by molar-refractivity contribution is -0.114. The van der Waals surface area contributed by atoms with Gasteiger partial charge in [-0.05, 0) is 34.1 Å². The molecule has 0 bridgehead atoms. The van der Waals surface area contributed by atoms with Crippen LogP contribution in [0.3, 0.4) is 0 Å². The second kappa shape index (κ2) is 11.0. The van der Waals surface area contributed by atoms with Gasteiger partial charge in [0.1, 0.15) is 0 Å². The molecule has 7 nitrogen and oxygen atoms in total. The summed E-state index contributed by atoms with van der Waals surface area (Å²) < 4.78 is 32.1. The summed E-state index contributed by atoms with van der Waals surface area (Å²) in [7, 11) is -1.98. The Bertz CT molecular complexity index is 613. The number of carbonyl (C=O) groups is 1. The molecule has 0 aliphatic carbocycles. The standard InChI is InChI=1S/C13H20BrN3O4S.ClH/c1-10(18)17-13-4-3-11(9-12(13)14)22(19,20)16-6-5-15-7-8-21-2;/h3-4,9,15-16H,5-8H2,1-2H3,(H,17,18);1H. The van der Waals surface area contributed by atoms with Gasteiger partial charge in [0.25, 0.3) is 0 Å². The summed E-state index contributed by atoms with van der Waals surface area (Å²) in [6.45, 7) is 3.40. The summed E-state index contributed by atoms with van der Waals surface area (Å²) in [6, 6.07) is 4.43. The molecule has 1 aromatic rings. The van der Waals surface area contributed by atoms with Crippen molar-refractivity contribution in [2.24, 2.45) is 0 Å². The number of carbonyl (C=O) groups excluding carboxylic acids is 1. The summed E-state index contributed by atoms with van der Waals surface area (Å²) >= 11 is 3.25. The maximum absolute atomic E-state index is 12.1. The van der Waals surface area contributed by atoms with Gasteiger partial charge >= 0.3 is 0 Å². The second-order valence-corrected chi connectivity index (χ2v) is 7.08. The Morgan fingerprint density at radius 3 is 2.52 bits per heavy atom. The van der Waals surface area contributed by atoms with E-state index in [0.29, 0.717) is 29.9 Å². The fraction of sp³-hybridized carbons (Fsp3) is 0.462. The summed E-state index contributed by atoms with van der Waals surface area (Å²) in [5, 5.41) is 5.64. The van der Waals surface area contributed by atoms with Crippen molar-refractivity contribution in [3.63, 3.8) is 0 Å². The largest absolute Gasteiger partial charge is 0.383 e. The van der Waals surface area contributed by atoms with Crippen molar-refractivity contribution in [1.29, 1.82) is 0 Å². The lowest BCUT2D eigenvalue weighted by atomic mass is 10.3. The van der Waals surface area contributed by atoms with Gasteiger partial charge in [-0.25, -0.2) is 13.1 Å². The van der Waals surface area contributed by atoms with Crippen LogP contribution >= 0.6 is 28.3 Å². The van der Waals surface area contributed by atoms with E-state index in [-0.39, 0.29) is 29.8 Å². The number of halogens is 2. The van der Waals surface area contributed by atoms with Crippen molar-refractivity contribution >= 4 is 50.0 Å². The fourth-order valence-corrected chi connectivity index (χ4v) is 3.30. The van der Waals surface area contributed by atoms with Gasteiger partial charge in [0.05, 0.1) is 17.2 Å². The van der Waals surface area contributed by atoms with Gasteiger partial charge in [-0.2, -0.15) is 0 Å². The monoisotopic (exact) mass is 429 g/mol. The molecule has 3 N–H and O–H groups in total. The van der Waals surface area contributed by atoms with Gasteiger partial charge < -0.3 is 15.4 Å². The number of rotatable bonds is 9. The Hall–Kier alpha value is -0.710. The van der Waals surface area contributed by atoms with Crippen LogP contribution < -0.4 is 15.4 Å². The Morgan fingerprint density at radius 2 is 1.96 bits per heavy atom. The molecule has 0 heterocycles. The van der Waals surface area contributed by atoms with Gasteiger partial charge in [-0.3, -0.25) is 4.79 Å². The van der Waals surface area contributed by atoms with E-state index in [9.17, 15) is 13.2 Å². The number of hydrogen-bond donors (Lipinski definition) is 3. The van der Waals surface area contributed by atoms with Crippen molar-refractivity contribution in [1.82, 2.24) is 10.0 Å². The third-order valence-corrected chi connectivity index (χ3v) is 4.75. The quantitative estimate of drug-likeness (QED) is 0.514. The Balaban J connectivity index is 0.00000484. The number of sulfonamides is 1. The van der Waals surface area contributed by atoms with Crippen LogP contribution in [0, 0.1) is 0 Å². The molecule has 0 spiro atoms. The number of anilines is 1. The van der Waals surface area contributed by atoms with E-state index >= 15 is 0 Å². The zero-order valence-corrected chi connectivity index (χ0v) is 16.1. The SMILES string of the molecule is COCCNCCNS(=O)(=O)c1ccc(NC(C)=O)c(Br)c1.Cl. The highest BCUT2D eigenvalue weighted by molar-refractivity contribution is 9.10. The average Bonchev–Trinajstić information content (AvgIpc) is 2.44. The zero-order valence-electron chi connectivity index (χ0n) is 12.9. The molecule has 0 aromatic heterocycles. The maximum Gasteiger partial charge on any atom is 0.240 e. The Labute approximate surface area is 151 Å². The van der Waals surface area contributed by atoms with Crippen LogP contribution in [0.5, 0.6) is 0 Å². The first-order valence-electron chi connectivity index (χ1n) is 6.63. The minimum Gasteiger partial charge on any atom is -0.383 e. The molecule has 0 unspecified atom stereocenters. The van der Waals surface area contributed by atoms with E-state index < -0.39 is 10.0 Å². The highest BCUT2D eigenvalue weighted by Gasteiger charge is 2.15. The van der Waals surface area contributed by atoms with Gasteiger partial charge in [0, 0.05) is 38.1 Å². The van der Waals surface area contributed by atoms with Gasteiger partial charge in [-0.1, -0.05) is 0 Å². The van der Waals surface area contributed by atoms with Crippen molar-refractivity contribution in [2.45, 2.75) is 11.8 Å². The fourth-order valence-electron chi connectivity index (χ4n) is 1.61. The van der Waals surface area contributed by atoms with Crippen LogP contribution in [-0.2, 0) is 19.6 Å². The summed E-state index contributed by atoms with van der Waals surface area (Å²) in [6.07, 6.45) is 0. The molecular weight excluding hydrogens is 410 g/mol. The van der Waals surface area contributed by atoms with E-state index in [1.165, 1.54) is 25.1 Å². The van der Waals surface area contributed by atoms with Crippen LogP contribution in [0.15, 0.2) is 27.6 Å². The molecule has 0 atom stereocenters. The van der Waals surface area contributed by atoms with Crippen molar-refractivity contribution in [2.75, 3.05) is 38.7 Å². The molecule has 0 aliphatic rings. The minimum atomic E-state index is -3.58. The van der Waals surface area contributed by atoms with Gasteiger partial charge in [-0.15, -0.1) is 12.4 Å². The molecule has 132 valence electrons. The molecule has 1 rings (SSSR count). The van der Waals surface area contributed by atoms with Crippen LogP contribution in [0.25, 0.3) is 0 Å². The Morgan fingerprint density at radius 1 is 1.26 bits per heavy atom. The van der Waals surface area contributed by atoms with E-state index in [2.05, 4.69) is 31.3 Å². The van der Waals surface area contributed by atoms with Crippen molar-refractivity contribution < 1.29 is 17.9 Å². The minimum absolute atomic E-state index is 0. The molecule has 23 heavy (non-hydrogen) atoms.